The van der Waals surface area contributed by atoms with Gasteiger partial charge in [-0.25, -0.2) is 13.8 Å². The molecule has 2 aromatic carbocycles. The number of aryl methyl sites for hydroxylation is 1. The zero-order valence-electron chi connectivity index (χ0n) is 16.9. The van der Waals surface area contributed by atoms with Gasteiger partial charge >= 0.3 is 0 Å². The molecule has 0 aromatic heterocycles. The van der Waals surface area contributed by atoms with Crippen molar-refractivity contribution in [2.24, 2.45) is 5.10 Å². The lowest BCUT2D eigenvalue weighted by Gasteiger charge is -2.18. The number of hydrogen-bond acceptors (Lipinski definition) is 4. The Morgan fingerprint density at radius 1 is 1.03 bits per heavy atom. The first-order valence-electron chi connectivity index (χ1n) is 10.0. The van der Waals surface area contributed by atoms with Gasteiger partial charge in [0.2, 0.25) is 10.0 Å². The van der Waals surface area contributed by atoms with Gasteiger partial charge in [-0.2, -0.15) is 9.41 Å². The second-order valence-electron chi connectivity index (χ2n) is 6.98. The fourth-order valence-electron chi connectivity index (χ4n) is 3.57. The van der Waals surface area contributed by atoms with Gasteiger partial charge in [-0.1, -0.05) is 44.2 Å². The molecule has 1 N–H and O–H groups in total. The molecular formula is C22H27N3O3S. The molecule has 154 valence electrons. The molecule has 29 heavy (non-hydrogen) atoms. The summed E-state index contributed by atoms with van der Waals surface area (Å²) in [6, 6.07) is 14.2. The van der Waals surface area contributed by atoms with E-state index >= 15 is 0 Å². The minimum atomic E-state index is -3.62. The molecule has 1 aliphatic rings. The van der Waals surface area contributed by atoms with Crippen molar-refractivity contribution in [2.75, 3.05) is 13.1 Å². The number of rotatable bonds is 6. The van der Waals surface area contributed by atoms with Crippen molar-refractivity contribution in [3.63, 3.8) is 0 Å². The van der Waals surface area contributed by atoms with Gasteiger partial charge < -0.3 is 0 Å². The average molecular weight is 414 g/mol. The molecule has 0 bridgehead atoms. The Labute approximate surface area is 172 Å². The molecule has 0 atom stereocenters. The van der Waals surface area contributed by atoms with E-state index in [1.807, 2.05) is 18.2 Å². The van der Waals surface area contributed by atoms with Gasteiger partial charge in [0.15, 0.2) is 0 Å². The van der Waals surface area contributed by atoms with Gasteiger partial charge in [0.25, 0.3) is 5.91 Å². The minimum Gasteiger partial charge on any atom is -0.267 e. The molecule has 3 rings (SSSR count). The number of amides is 1. The topological polar surface area (TPSA) is 78.8 Å². The summed E-state index contributed by atoms with van der Waals surface area (Å²) in [6.45, 7) is 4.33. The van der Waals surface area contributed by atoms with Crippen LogP contribution in [-0.4, -0.2) is 37.4 Å². The Balaban J connectivity index is 1.83. The number of carbonyl (C=O) groups excluding carboxylic acids is 1. The van der Waals surface area contributed by atoms with Gasteiger partial charge in [0.05, 0.1) is 10.6 Å². The number of nitrogens with zero attached hydrogens (tertiary/aromatic N) is 2. The van der Waals surface area contributed by atoms with Crippen molar-refractivity contribution in [2.45, 2.75) is 44.4 Å². The third-order valence-corrected chi connectivity index (χ3v) is 7.22. The molecule has 0 unspecified atom stereocenters. The molecule has 0 aliphatic heterocycles. The highest BCUT2D eigenvalue weighted by atomic mass is 32.2. The number of hydrazone groups is 1. The maximum Gasteiger partial charge on any atom is 0.271 e. The SMILES string of the molecule is CCN(CC)S(=O)(=O)c1cccc(C(=O)N/N=C2/CCCCc3ccccc32)c1. The Bertz CT molecular complexity index is 1010. The number of benzene rings is 2. The predicted octanol–water partition coefficient (Wildman–Crippen LogP) is 3.58. The monoisotopic (exact) mass is 413 g/mol. The van der Waals surface area contributed by atoms with Gasteiger partial charge in [-0.15, -0.1) is 0 Å². The summed E-state index contributed by atoms with van der Waals surface area (Å²) in [7, 11) is -3.62. The summed E-state index contributed by atoms with van der Waals surface area (Å²) in [5.41, 5.74) is 6.05. The van der Waals surface area contributed by atoms with Crippen molar-refractivity contribution < 1.29 is 13.2 Å². The van der Waals surface area contributed by atoms with E-state index < -0.39 is 15.9 Å². The number of nitrogens with one attached hydrogen (secondary N) is 1. The van der Waals surface area contributed by atoms with Gasteiger partial charge in [-0.3, -0.25) is 4.79 Å². The van der Waals surface area contributed by atoms with Crippen LogP contribution in [0.2, 0.25) is 0 Å². The van der Waals surface area contributed by atoms with Crippen LogP contribution in [0.15, 0.2) is 58.5 Å². The molecule has 0 heterocycles. The second kappa shape index (κ2) is 9.33. The van der Waals surface area contributed by atoms with Gasteiger partial charge in [0, 0.05) is 24.2 Å². The van der Waals surface area contributed by atoms with Crippen molar-refractivity contribution in [3.05, 3.63) is 65.2 Å². The highest BCUT2D eigenvalue weighted by Gasteiger charge is 2.22. The summed E-state index contributed by atoms with van der Waals surface area (Å²) in [4.78, 5) is 12.8. The summed E-state index contributed by atoms with van der Waals surface area (Å²) in [5, 5.41) is 4.38. The maximum atomic E-state index is 12.7. The van der Waals surface area contributed by atoms with Crippen molar-refractivity contribution in [1.29, 1.82) is 0 Å². The summed E-state index contributed by atoms with van der Waals surface area (Å²) in [6.07, 6.45) is 3.91. The predicted molar refractivity (Wildman–Crippen MR) is 115 cm³/mol. The third kappa shape index (κ3) is 4.74. The van der Waals surface area contributed by atoms with E-state index in [4.69, 9.17) is 0 Å². The molecule has 1 aliphatic carbocycles. The van der Waals surface area contributed by atoms with Crippen LogP contribution in [-0.2, 0) is 16.4 Å². The van der Waals surface area contributed by atoms with Gasteiger partial charge in [-0.05, 0) is 49.4 Å². The summed E-state index contributed by atoms with van der Waals surface area (Å²) >= 11 is 0. The Hall–Kier alpha value is -2.51. The quantitative estimate of drug-likeness (QED) is 0.581. The summed E-state index contributed by atoms with van der Waals surface area (Å²) in [5.74, 6) is -0.421. The van der Waals surface area contributed by atoms with E-state index in [0.717, 1.165) is 37.0 Å². The van der Waals surface area contributed by atoms with Crippen molar-refractivity contribution >= 4 is 21.6 Å². The number of fused-ring (bicyclic) bond motifs is 1. The minimum absolute atomic E-state index is 0.112. The second-order valence-corrected chi connectivity index (χ2v) is 8.92. The molecule has 0 fully saturated rings. The zero-order valence-corrected chi connectivity index (χ0v) is 17.7. The third-order valence-electron chi connectivity index (χ3n) is 5.17. The van der Waals surface area contributed by atoms with Crippen LogP contribution in [0.1, 0.15) is 54.6 Å². The van der Waals surface area contributed by atoms with E-state index in [1.165, 1.54) is 22.0 Å². The first-order chi connectivity index (χ1) is 14.0. The van der Waals surface area contributed by atoms with E-state index in [0.29, 0.717) is 13.1 Å². The Morgan fingerprint density at radius 2 is 1.76 bits per heavy atom. The number of carbonyl (C=O) groups is 1. The maximum absolute atomic E-state index is 12.7. The first kappa shape index (κ1) is 21.2. The smallest absolute Gasteiger partial charge is 0.267 e. The molecule has 0 saturated carbocycles. The molecule has 0 radical (unpaired) electrons. The highest BCUT2D eigenvalue weighted by molar-refractivity contribution is 7.89. The number of hydrogen-bond donors (Lipinski definition) is 1. The van der Waals surface area contributed by atoms with Crippen molar-refractivity contribution in [1.82, 2.24) is 9.73 Å². The van der Waals surface area contributed by atoms with Crippen LogP contribution < -0.4 is 5.43 Å². The molecule has 1 amide bonds. The lowest BCUT2D eigenvalue weighted by Crippen LogP contribution is -2.31. The lowest BCUT2D eigenvalue weighted by atomic mass is 10.0. The average Bonchev–Trinajstić information content (AvgIpc) is 2.95. The molecule has 2 aromatic rings. The fourth-order valence-corrected chi connectivity index (χ4v) is 5.08. The zero-order chi connectivity index (χ0) is 20.9. The first-order valence-corrected chi connectivity index (χ1v) is 11.5. The van der Waals surface area contributed by atoms with Crippen LogP contribution in [0.5, 0.6) is 0 Å². The molecule has 0 spiro atoms. The van der Waals surface area contributed by atoms with Gasteiger partial charge in [0.1, 0.15) is 0 Å². The molecular weight excluding hydrogens is 386 g/mol. The van der Waals surface area contributed by atoms with E-state index in [-0.39, 0.29) is 10.5 Å². The summed E-state index contributed by atoms with van der Waals surface area (Å²) < 4.78 is 26.8. The molecule has 0 saturated heterocycles. The van der Waals surface area contributed by atoms with Crippen molar-refractivity contribution in [3.8, 4) is 0 Å². The Morgan fingerprint density at radius 3 is 2.52 bits per heavy atom. The van der Waals surface area contributed by atoms with E-state index in [1.54, 1.807) is 26.0 Å². The lowest BCUT2D eigenvalue weighted by molar-refractivity contribution is 0.0954. The van der Waals surface area contributed by atoms with Crippen LogP contribution >= 0.6 is 0 Å². The normalized spacial score (nSPS) is 15.8. The fraction of sp³-hybridized carbons (Fsp3) is 0.364. The van der Waals surface area contributed by atoms with E-state index in [9.17, 15) is 13.2 Å². The molecule has 7 heteroatoms. The number of sulfonamides is 1. The van der Waals surface area contributed by atoms with E-state index in [2.05, 4.69) is 16.6 Å². The Kier molecular flexibility index (Phi) is 6.82. The van der Waals surface area contributed by atoms with Crippen LogP contribution in [0.3, 0.4) is 0 Å². The van der Waals surface area contributed by atoms with Crippen LogP contribution in [0.25, 0.3) is 0 Å². The largest absolute Gasteiger partial charge is 0.271 e. The molecule has 6 nitrogen and oxygen atoms in total. The highest BCUT2D eigenvalue weighted by Crippen LogP contribution is 2.21. The van der Waals surface area contributed by atoms with Crippen LogP contribution in [0.4, 0.5) is 0 Å². The van der Waals surface area contributed by atoms with Crippen LogP contribution in [0, 0.1) is 0 Å². The standard InChI is InChI=1S/C22H27N3O3S/c1-3-25(4-2)29(27,28)19-13-9-12-18(16-19)22(26)24-23-21-15-8-6-11-17-10-5-7-14-20(17)21/h5,7,9-10,12-14,16H,3-4,6,8,11,15H2,1-2H3,(H,24,26)/b23-21-.